The largest absolute Gasteiger partial charge is 0.507 e. The van der Waals surface area contributed by atoms with Gasteiger partial charge in [-0.1, -0.05) is 18.2 Å². The SMILES string of the molecule is COc1ccc(/C=C\C(=O)c2c(O)cc(OC)cc2OC)cc1. The van der Waals surface area contributed by atoms with E-state index in [-0.39, 0.29) is 22.8 Å². The topological polar surface area (TPSA) is 65.0 Å². The van der Waals surface area contributed by atoms with Gasteiger partial charge in [0.2, 0.25) is 0 Å². The van der Waals surface area contributed by atoms with E-state index in [4.69, 9.17) is 14.2 Å². The Bertz CT molecular complexity index is 717. The number of rotatable bonds is 6. The number of ether oxygens (including phenoxy) is 3. The number of methoxy groups -OCH3 is 3. The number of phenols is 1. The standard InChI is InChI=1S/C18H18O5/c1-21-13-7-4-12(5-8-13)6-9-15(19)18-16(20)10-14(22-2)11-17(18)23-3/h4-11,20H,1-3H3/b9-6-. The van der Waals surface area contributed by atoms with Crippen molar-refractivity contribution in [1.29, 1.82) is 0 Å². The Morgan fingerprint density at radius 3 is 2.17 bits per heavy atom. The highest BCUT2D eigenvalue weighted by atomic mass is 16.5. The van der Waals surface area contributed by atoms with Crippen LogP contribution in [-0.2, 0) is 0 Å². The fraction of sp³-hybridized carbons (Fsp3) is 0.167. The molecule has 0 amide bonds. The van der Waals surface area contributed by atoms with Crippen LogP contribution in [0.3, 0.4) is 0 Å². The molecule has 0 saturated carbocycles. The predicted octanol–water partition coefficient (Wildman–Crippen LogP) is 3.31. The summed E-state index contributed by atoms with van der Waals surface area (Å²) < 4.78 is 15.3. The van der Waals surface area contributed by atoms with Gasteiger partial charge in [0.1, 0.15) is 28.6 Å². The molecule has 0 heterocycles. The van der Waals surface area contributed by atoms with Crippen molar-refractivity contribution < 1.29 is 24.1 Å². The van der Waals surface area contributed by atoms with Crippen molar-refractivity contribution in [2.45, 2.75) is 0 Å². The molecule has 120 valence electrons. The normalized spacial score (nSPS) is 10.6. The lowest BCUT2D eigenvalue weighted by Gasteiger charge is -2.10. The van der Waals surface area contributed by atoms with Gasteiger partial charge >= 0.3 is 0 Å². The molecule has 0 saturated heterocycles. The van der Waals surface area contributed by atoms with Crippen LogP contribution in [0.5, 0.6) is 23.0 Å². The van der Waals surface area contributed by atoms with Gasteiger partial charge in [0.15, 0.2) is 5.78 Å². The molecular weight excluding hydrogens is 296 g/mol. The van der Waals surface area contributed by atoms with Crippen LogP contribution in [0.2, 0.25) is 0 Å². The number of hydrogen-bond acceptors (Lipinski definition) is 5. The molecule has 0 aliphatic rings. The van der Waals surface area contributed by atoms with Crippen LogP contribution in [0.15, 0.2) is 42.5 Å². The van der Waals surface area contributed by atoms with E-state index in [1.54, 1.807) is 31.4 Å². The maximum Gasteiger partial charge on any atom is 0.193 e. The monoisotopic (exact) mass is 314 g/mol. The van der Waals surface area contributed by atoms with Gasteiger partial charge in [-0.25, -0.2) is 0 Å². The van der Waals surface area contributed by atoms with Crippen molar-refractivity contribution in [2.24, 2.45) is 0 Å². The Labute approximate surface area is 134 Å². The van der Waals surface area contributed by atoms with Crippen molar-refractivity contribution in [3.8, 4) is 23.0 Å². The molecule has 0 radical (unpaired) electrons. The average Bonchev–Trinajstić information content (AvgIpc) is 2.59. The van der Waals surface area contributed by atoms with Crippen molar-refractivity contribution >= 4 is 11.9 Å². The van der Waals surface area contributed by atoms with Gasteiger partial charge in [-0.15, -0.1) is 0 Å². The maximum absolute atomic E-state index is 12.3. The zero-order valence-corrected chi connectivity index (χ0v) is 13.2. The van der Waals surface area contributed by atoms with Crippen LogP contribution >= 0.6 is 0 Å². The highest BCUT2D eigenvalue weighted by Gasteiger charge is 2.17. The molecule has 5 nitrogen and oxygen atoms in total. The van der Waals surface area contributed by atoms with Gasteiger partial charge < -0.3 is 19.3 Å². The summed E-state index contributed by atoms with van der Waals surface area (Å²) >= 11 is 0. The van der Waals surface area contributed by atoms with Crippen LogP contribution in [-0.4, -0.2) is 32.2 Å². The molecule has 0 unspecified atom stereocenters. The summed E-state index contributed by atoms with van der Waals surface area (Å²) in [6.07, 6.45) is 3.04. The quantitative estimate of drug-likeness (QED) is 0.654. The lowest BCUT2D eigenvalue weighted by Crippen LogP contribution is -2.00. The highest BCUT2D eigenvalue weighted by molar-refractivity contribution is 6.10. The third-order valence-electron chi connectivity index (χ3n) is 3.30. The van der Waals surface area contributed by atoms with E-state index >= 15 is 0 Å². The Balaban J connectivity index is 2.27. The van der Waals surface area contributed by atoms with Crippen molar-refractivity contribution in [1.82, 2.24) is 0 Å². The van der Waals surface area contributed by atoms with Crippen LogP contribution in [0.1, 0.15) is 15.9 Å². The van der Waals surface area contributed by atoms with Gasteiger partial charge in [0, 0.05) is 12.1 Å². The van der Waals surface area contributed by atoms with Gasteiger partial charge in [-0.05, 0) is 23.8 Å². The number of benzene rings is 2. The Morgan fingerprint density at radius 2 is 1.61 bits per heavy atom. The van der Waals surface area contributed by atoms with E-state index in [0.29, 0.717) is 5.75 Å². The summed E-state index contributed by atoms with van der Waals surface area (Å²) in [5.74, 6) is 0.854. The zero-order chi connectivity index (χ0) is 16.8. The van der Waals surface area contributed by atoms with Gasteiger partial charge in [0.05, 0.1) is 21.3 Å². The van der Waals surface area contributed by atoms with Gasteiger partial charge in [0.25, 0.3) is 0 Å². The minimum atomic E-state index is -0.363. The van der Waals surface area contributed by atoms with Crippen molar-refractivity contribution in [3.05, 3.63) is 53.6 Å². The molecule has 0 fully saturated rings. The van der Waals surface area contributed by atoms with Gasteiger partial charge in [-0.3, -0.25) is 4.79 Å². The first-order chi connectivity index (χ1) is 11.1. The summed E-state index contributed by atoms with van der Waals surface area (Å²) in [6, 6.07) is 10.2. The van der Waals surface area contributed by atoms with E-state index in [1.807, 2.05) is 12.1 Å². The molecule has 1 N–H and O–H groups in total. The number of carbonyl (C=O) groups is 1. The number of hydrogen-bond donors (Lipinski definition) is 1. The number of ketones is 1. The molecule has 2 aromatic rings. The number of allylic oxidation sites excluding steroid dienone is 1. The molecule has 2 rings (SSSR count). The molecule has 0 aliphatic heterocycles. The average molecular weight is 314 g/mol. The summed E-state index contributed by atoms with van der Waals surface area (Å²) in [5.41, 5.74) is 0.934. The Kier molecular flexibility index (Phi) is 5.25. The van der Waals surface area contributed by atoms with Crippen LogP contribution in [0.4, 0.5) is 0 Å². The molecule has 2 aromatic carbocycles. The first-order valence-electron chi connectivity index (χ1n) is 6.90. The van der Waals surface area contributed by atoms with Crippen molar-refractivity contribution in [2.75, 3.05) is 21.3 Å². The highest BCUT2D eigenvalue weighted by Crippen LogP contribution is 2.33. The summed E-state index contributed by atoms with van der Waals surface area (Å²) in [5, 5.41) is 10.0. The molecular formula is C18H18O5. The second-order valence-corrected chi connectivity index (χ2v) is 4.69. The molecule has 0 atom stereocenters. The molecule has 0 aliphatic carbocycles. The number of phenolic OH excluding ortho intramolecular Hbond substituents is 1. The minimum absolute atomic E-state index is 0.0954. The summed E-state index contributed by atoms with van der Waals surface area (Å²) in [6.45, 7) is 0. The van der Waals surface area contributed by atoms with Crippen molar-refractivity contribution in [3.63, 3.8) is 0 Å². The first-order valence-corrected chi connectivity index (χ1v) is 6.90. The van der Waals surface area contributed by atoms with Crippen LogP contribution in [0.25, 0.3) is 6.08 Å². The summed E-state index contributed by atoms with van der Waals surface area (Å²) in [4.78, 5) is 12.3. The third-order valence-corrected chi connectivity index (χ3v) is 3.30. The number of aromatic hydroxyl groups is 1. The fourth-order valence-electron chi connectivity index (χ4n) is 2.07. The second-order valence-electron chi connectivity index (χ2n) is 4.69. The molecule has 0 aromatic heterocycles. The predicted molar refractivity (Wildman–Crippen MR) is 87.6 cm³/mol. The smallest absolute Gasteiger partial charge is 0.193 e. The Hall–Kier alpha value is -2.95. The minimum Gasteiger partial charge on any atom is -0.507 e. The third kappa shape index (κ3) is 3.83. The van der Waals surface area contributed by atoms with E-state index in [0.717, 1.165) is 11.3 Å². The Morgan fingerprint density at radius 1 is 0.957 bits per heavy atom. The lowest BCUT2D eigenvalue weighted by atomic mass is 10.1. The van der Waals surface area contributed by atoms with E-state index in [9.17, 15) is 9.90 Å². The first kappa shape index (κ1) is 16.4. The molecule has 0 bridgehead atoms. The zero-order valence-electron chi connectivity index (χ0n) is 13.2. The van der Waals surface area contributed by atoms with Crippen LogP contribution < -0.4 is 14.2 Å². The maximum atomic E-state index is 12.3. The summed E-state index contributed by atoms with van der Waals surface area (Å²) in [7, 11) is 4.49. The molecule has 0 spiro atoms. The van der Waals surface area contributed by atoms with E-state index in [1.165, 1.54) is 26.4 Å². The second kappa shape index (κ2) is 7.35. The van der Waals surface area contributed by atoms with E-state index in [2.05, 4.69) is 0 Å². The molecule has 5 heteroatoms. The van der Waals surface area contributed by atoms with E-state index < -0.39 is 0 Å². The fourth-order valence-corrected chi connectivity index (χ4v) is 2.07. The number of carbonyl (C=O) groups excluding carboxylic acids is 1. The molecule has 23 heavy (non-hydrogen) atoms. The van der Waals surface area contributed by atoms with Crippen LogP contribution in [0, 0.1) is 0 Å². The lowest BCUT2D eigenvalue weighted by molar-refractivity contribution is 0.104. The van der Waals surface area contributed by atoms with Gasteiger partial charge in [-0.2, -0.15) is 0 Å².